The molecule has 1 aliphatic rings. The van der Waals surface area contributed by atoms with Crippen LogP contribution in [0.15, 0.2) is 41.5 Å². The Morgan fingerprint density at radius 2 is 1.82 bits per heavy atom. The third-order valence-corrected chi connectivity index (χ3v) is 5.94. The van der Waals surface area contributed by atoms with Crippen molar-refractivity contribution in [3.05, 3.63) is 63.8 Å². The van der Waals surface area contributed by atoms with Gasteiger partial charge in [0.25, 0.3) is 11.5 Å². The van der Waals surface area contributed by atoms with Crippen LogP contribution in [0.3, 0.4) is 0 Å². The van der Waals surface area contributed by atoms with Crippen molar-refractivity contribution in [3.8, 4) is 0 Å². The smallest absolute Gasteiger partial charge is 0.269 e. The Hall–Kier alpha value is -3.26. The molecule has 0 bridgehead atoms. The number of amides is 1. The van der Waals surface area contributed by atoms with Crippen molar-refractivity contribution in [2.75, 3.05) is 38.1 Å². The molecular weight excluding hydrogens is 416 g/mol. The summed E-state index contributed by atoms with van der Waals surface area (Å²) < 4.78 is 1.71. The Labute approximate surface area is 196 Å². The second kappa shape index (κ2) is 11.0. The fourth-order valence-electron chi connectivity index (χ4n) is 4.03. The third kappa shape index (κ3) is 5.39. The molecule has 33 heavy (non-hydrogen) atoms. The number of nitrogens with one attached hydrogen (secondary N) is 1. The number of rotatable bonds is 5. The largest absolute Gasteiger partial charge is 0.368 e. The summed E-state index contributed by atoms with van der Waals surface area (Å²) in [6, 6.07) is 7.70. The maximum absolute atomic E-state index is 12.5. The summed E-state index contributed by atoms with van der Waals surface area (Å²) in [6.07, 6.45) is 4.39. The van der Waals surface area contributed by atoms with Crippen LogP contribution in [0.2, 0.25) is 0 Å². The predicted molar refractivity (Wildman–Crippen MR) is 135 cm³/mol. The highest BCUT2D eigenvalue weighted by atomic mass is 16.1. The zero-order valence-corrected chi connectivity index (χ0v) is 20.3. The fraction of sp³-hybridized carbons (Fsp3) is 0.440. The molecule has 0 atom stereocenters. The van der Waals surface area contributed by atoms with Crippen molar-refractivity contribution < 1.29 is 6.22 Å². The summed E-state index contributed by atoms with van der Waals surface area (Å²) in [7, 11) is 3.42. The second-order valence-electron chi connectivity index (χ2n) is 7.88. The SMILES string of the molecule is CC.CCc1cc2ncc(CN3CCN(c4ccc(C(=O)NC)nc4)CC3)cc2n(C)c1=O.[HH]. The van der Waals surface area contributed by atoms with Gasteiger partial charge in [-0.15, -0.1) is 0 Å². The molecule has 1 aliphatic heterocycles. The van der Waals surface area contributed by atoms with E-state index >= 15 is 0 Å². The first-order chi connectivity index (χ1) is 16.0. The van der Waals surface area contributed by atoms with E-state index in [0.29, 0.717) is 12.1 Å². The van der Waals surface area contributed by atoms with Crippen LogP contribution in [0.1, 0.15) is 43.8 Å². The fourth-order valence-corrected chi connectivity index (χ4v) is 4.03. The van der Waals surface area contributed by atoms with Gasteiger partial charge in [-0.3, -0.25) is 19.5 Å². The molecule has 1 fully saturated rings. The summed E-state index contributed by atoms with van der Waals surface area (Å²) in [5.74, 6) is -0.177. The maximum atomic E-state index is 12.5. The van der Waals surface area contributed by atoms with E-state index in [4.69, 9.17) is 0 Å². The molecule has 0 saturated carbocycles. The molecule has 8 heteroatoms. The highest BCUT2D eigenvalue weighted by Gasteiger charge is 2.18. The molecule has 0 unspecified atom stereocenters. The molecule has 3 aromatic heterocycles. The Kier molecular flexibility index (Phi) is 8.16. The van der Waals surface area contributed by atoms with Gasteiger partial charge in [0.15, 0.2) is 0 Å². The second-order valence-corrected chi connectivity index (χ2v) is 7.88. The minimum atomic E-state index is -0.177. The third-order valence-electron chi connectivity index (χ3n) is 5.94. The normalized spacial score (nSPS) is 14.0. The summed E-state index contributed by atoms with van der Waals surface area (Å²) in [6.45, 7) is 10.4. The van der Waals surface area contributed by atoms with Gasteiger partial charge in [-0.1, -0.05) is 20.8 Å². The Bertz CT molecular complexity index is 1150. The van der Waals surface area contributed by atoms with Crippen LogP contribution in [0.4, 0.5) is 5.69 Å². The zero-order valence-electron chi connectivity index (χ0n) is 20.3. The number of carbonyl (C=O) groups excluding carboxylic acids is 1. The van der Waals surface area contributed by atoms with E-state index in [1.807, 2.05) is 46.1 Å². The molecule has 1 saturated heterocycles. The Balaban J connectivity index is 0.00000133. The Morgan fingerprint density at radius 1 is 1.09 bits per heavy atom. The van der Waals surface area contributed by atoms with Gasteiger partial charge < -0.3 is 14.8 Å². The van der Waals surface area contributed by atoms with E-state index in [0.717, 1.165) is 60.6 Å². The minimum absolute atomic E-state index is 0. The van der Waals surface area contributed by atoms with Gasteiger partial charge in [-0.2, -0.15) is 0 Å². The minimum Gasteiger partial charge on any atom is -0.368 e. The van der Waals surface area contributed by atoms with Gasteiger partial charge in [-0.05, 0) is 36.2 Å². The van der Waals surface area contributed by atoms with Gasteiger partial charge in [-0.25, -0.2) is 4.98 Å². The first-order valence-electron chi connectivity index (χ1n) is 11.6. The molecular formula is C25H36N6O2. The van der Waals surface area contributed by atoms with Gasteiger partial charge in [0.05, 0.1) is 22.9 Å². The maximum Gasteiger partial charge on any atom is 0.269 e. The summed E-state index contributed by atoms with van der Waals surface area (Å²) in [5, 5.41) is 2.59. The molecule has 1 amide bonds. The van der Waals surface area contributed by atoms with Crippen LogP contribution in [0.25, 0.3) is 11.0 Å². The highest BCUT2D eigenvalue weighted by Crippen LogP contribution is 2.18. The van der Waals surface area contributed by atoms with E-state index in [-0.39, 0.29) is 12.9 Å². The number of piperazine rings is 1. The van der Waals surface area contributed by atoms with Crippen LogP contribution in [0.5, 0.6) is 0 Å². The number of aryl methyl sites for hydroxylation is 2. The molecule has 0 aromatic carbocycles. The molecule has 4 rings (SSSR count). The van der Waals surface area contributed by atoms with Crippen molar-refractivity contribution in [1.82, 2.24) is 24.8 Å². The summed E-state index contributed by atoms with van der Waals surface area (Å²) in [4.78, 5) is 37.7. The molecule has 8 nitrogen and oxygen atoms in total. The molecule has 0 radical (unpaired) electrons. The van der Waals surface area contributed by atoms with Gasteiger partial charge in [0.2, 0.25) is 0 Å². The summed E-state index contributed by atoms with van der Waals surface area (Å²) in [5.41, 5.74) is 5.15. The zero-order chi connectivity index (χ0) is 24.0. The van der Waals surface area contributed by atoms with Gasteiger partial charge >= 0.3 is 0 Å². The van der Waals surface area contributed by atoms with E-state index in [9.17, 15) is 9.59 Å². The predicted octanol–water partition coefficient (Wildman–Crippen LogP) is 2.84. The van der Waals surface area contributed by atoms with Gasteiger partial charge in [0.1, 0.15) is 5.69 Å². The average Bonchev–Trinajstić information content (AvgIpc) is 2.87. The molecule has 0 aliphatic carbocycles. The van der Waals surface area contributed by atoms with Gasteiger partial charge in [0, 0.05) is 60.0 Å². The standard InChI is InChI=1S/C23H28N6O2.C2H6.H2/c1-4-17-12-20-21(27(3)23(17)31)11-16(13-25-20)15-28-7-9-29(10-8-28)18-5-6-19(26-14-18)22(30)24-2;1-2;/h5-6,11-14H,4,7-10,15H2,1-3H3,(H,24,30);1-2H3;1H. The monoisotopic (exact) mass is 452 g/mol. The average molecular weight is 453 g/mol. The first-order valence-corrected chi connectivity index (χ1v) is 11.6. The number of pyridine rings is 3. The van der Waals surface area contributed by atoms with Crippen molar-refractivity contribution in [2.45, 2.75) is 33.7 Å². The topological polar surface area (TPSA) is 83.4 Å². The molecule has 3 aromatic rings. The highest BCUT2D eigenvalue weighted by molar-refractivity contribution is 5.92. The van der Waals surface area contributed by atoms with E-state index in [1.54, 1.807) is 23.9 Å². The van der Waals surface area contributed by atoms with Crippen LogP contribution in [-0.2, 0) is 20.0 Å². The molecule has 0 spiro atoms. The van der Waals surface area contributed by atoms with Crippen LogP contribution >= 0.6 is 0 Å². The Morgan fingerprint density at radius 3 is 2.42 bits per heavy atom. The van der Waals surface area contributed by atoms with E-state index in [1.165, 1.54) is 0 Å². The van der Waals surface area contributed by atoms with Crippen molar-refractivity contribution in [2.24, 2.45) is 7.05 Å². The number of hydrogen-bond acceptors (Lipinski definition) is 6. The lowest BCUT2D eigenvalue weighted by Crippen LogP contribution is -2.46. The van der Waals surface area contributed by atoms with Crippen molar-refractivity contribution in [3.63, 3.8) is 0 Å². The number of anilines is 1. The number of nitrogens with zero attached hydrogens (tertiary/aromatic N) is 5. The number of hydrogen-bond donors (Lipinski definition) is 1. The van der Waals surface area contributed by atoms with Crippen molar-refractivity contribution >= 4 is 22.6 Å². The van der Waals surface area contributed by atoms with E-state index < -0.39 is 0 Å². The van der Waals surface area contributed by atoms with Crippen LogP contribution in [-0.4, -0.2) is 58.6 Å². The number of carbonyl (C=O) groups is 1. The van der Waals surface area contributed by atoms with Crippen LogP contribution < -0.4 is 15.8 Å². The lowest BCUT2D eigenvalue weighted by molar-refractivity contribution is 0.0958. The van der Waals surface area contributed by atoms with Crippen molar-refractivity contribution in [1.29, 1.82) is 0 Å². The van der Waals surface area contributed by atoms with E-state index in [2.05, 4.69) is 31.2 Å². The quantitative estimate of drug-likeness (QED) is 0.641. The van der Waals surface area contributed by atoms with Crippen LogP contribution in [0, 0.1) is 0 Å². The first kappa shape index (κ1) is 24.4. The molecule has 178 valence electrons. The number of fused-ring (bicyclic) bond motifs is 1. The lowest BCUT2D eigenvalue weighted by Gasteiger charge is -2.36. The summed E-state index contributed by atoms with van der Waals surface area (Å²) >= 11 is 0. The lowest BCUT2D eigenvalue weighted by atomic mass is 10.1. The number of aromatic nitrogens is 3. The molecule has 1 N–H and O–H groups in total. The molecule has 4 heterocycles.